The maximum Gasteiger partial charge on any atom is 0.318 e. The molecule has 0 bridgehead atoms. The predicted molar refractivity (Wildman–Crippen MR) is 123 cm³/mol. The maximum absolute atomic E-state index is 14.7. The summed E-state index contributed by atoms with van der Waals surface area (Å²) in [7, 11) is 1.67. The Kier molecular flexibility index (Phi) is 7.16. The lowest BCUT2D eigenvalue weighted by Crippen LogP contribution is -2.47. The van der Waals surface area contributed by atoms with Gasteiger partial charge >= 0.3 is 6.01 Å². The van der Waals surface area contributed by atoms with Crippen LogP contribution in [0.5, 0.6) is 0 Å². The fourth-order valence-electron chi connectivity index (χ4n) is 3.41. The van der Waals surface area contributed by atoms with Gasteiger partial charge in [0.15, 0.2) is 11.6 Å². The molecule has 1 aromatic heterocycles. The molecule has 0 radical (unpaired) electrons. The van der Waals surface area contributed by atoms with Gasteiger partial charge in [0.05, 0.1) is 23.5 Å². The first-order valence-corrected chi connectivity index (χ1v) is 11.0. The van der Waals surface area contributed by atoms with Gasteiger partial charge in [-0.05, 0) is 52.9 Å². The second kappa shape index (κ2) is 10.0. The predicted octanol–water partition coefficient (Wildman–Crippen LogP) is 4.27. The van der Waals surface area contributed by atoms with Crippen molar-refractivity contribution in [2.75, 3.05) is 56.7 Å². The third kappa shape index (κ3) is 4.99. The molecule has 0 atom stereocenters. The first-order valence-electron chi connectivity index (χ1n) is 9.96. The zero-order valence-corrected chi connectivity index (χ0v) is 19.4. The van der Waals surface area contributed by atoms with Crippen LogP contribution in [0.3, 0.4) is 0 Å². The van der Waals surface area contributed by atoms with Crippen molar-refractivity contribution >= 4 is 40.0 Å². The van der Waals surface area contributed by atoms with Crippen LogP contribution in [-0.4, -0.2) is 61.5 Å². The summed E-state index contributed by atoms with van der Waals surface area (Å²) in [5.74, 6) is -2.82. The van der Waals surface area contributed by atoms with Crippen LogP contribution in [0, 0.1) is 21.0 Å². The molecule has 0 spiro atoms. The molecule has 0 amide bonds. The molecule has 32 heavy (non-hydrogen) atoms. The van der Waals surface area contributed by atoms with E-state index < -0.39 is 17.5 Å². The fourth-order valence-corrected chi connectivity index (χ4v) is 3.87. The maximum atomic E-state index is 14.7. The molecule has 0 aliphatic carbocycles. The Morgan fingerprint density at radius 1 is 1.06 bits per heavy atom. The first kappa shape index (κ1) is 22.8. The second-order valence-electron chi connectivity index (χ2n) is 7.24. The summed E-state index contributed by atoms with van der Waals surface area (Å²) in [6.07, 6.45) is 0. The van der Waals surface area contributed by atoms with Crippen LogP contribution in [0.25, 0.3) is 11.5 Å². The Morgan fingerprint density at radius 2 is 1.84 bits per heavy atom. The highest BCUT2D eigenvalue weighted by molar-refractivity contribution is 14.1. The molecule has 1 fully saturated rings. The van der Waals surface area contributed by atoms with Crippen molar-refractivity contribution in [3.8, 4) is 11.5 Å². The standard InChI is InChI=1S/C21H21F3IN5O2/c1-31-11-10-29-6-8-30(9-7-29)21-28-27-20(32-21)14-3-4-15(22)18(24)19(14)26-17-5-2-13(25)12-16(17)23/h2-5,12,26H,6-11H2,1H3. The summed E-state index contributed by atoms with van der Waals surface area (Å²) < 4.78 is 54.5. The van der Waals surface area contributed by atoms with Gasteiger partial charge in [0, 0.05) is 43.4 Å². The molecule has 2 heterocycles. The summed E-state index contributed by atoms with van der Waals surface area (Å²) in [6.45, 7) is 4.50. The van der Waals surface area contributed by atoms with Gasteiger partial charge in [0.25, 0.3) is 5.89 Å². The van der Waals surface area contributed by atoms with Crippen LogP contribution in [0.4, 0.5) is 30.6 Å². The topological polar surface area (TPSA) is 66.7 Å². The zero-order valence-electron chi connectivity index (χ0n) is 17.2. The zero-order chi connectivity index (χ0) is 22.7. The number of anilines is 3. The number of rotatable bonds is 7. The van der Waals surface area contributed by atoms with Gasteiger partial charge in [0.2, 0.25) is 0 Å². The van der Waals surface area contributed by atoms with Crippen molar-refractivity contribution in [1.82, 2.24) is 15.1 Å². The molecule has 170 valence electrons. The average Bonchev–Trinajstić information content (AvgIpc) is 3.27. The number of halogens is 4. The van der Waals surface area contributed by atoms with E-state index in [9.17, 15) is 13.2 Å². The number of piperazine rings is 1. The van der Waals surface area contributed by atoms with Crippen LogP contribution in [0.15, 0.2) is 34.7 Å². The Bertz CT molecular complexity index is 1090. The lowest BCUT2D eigenvalue weighted by Gasteiger charge is -2.33. The average molecular weight is 559 g/mol. The Morgan fingerprint density at radius 3 is 2.56 bits per heavy atom. The first-order chi connectivity index (χ1) is 15.5. The molecule has 0 unspecified atom stereocenters. The van der Waals surface area contributed by atoms with Crippen LogP contribution in [0.1, 0.15) is 0 Å². The van der Waals surface area contributed by atoms with E-state index in [0.29, 0.717) is 29.3 Å². The molecule has 1 aliphatic heterocycles. The molecular weight excluding hydrogens is 538 g/mol. The van der Waals surface area contributed by atoms with Crippen molar-refractivity contribution in [1.29, 1.82) is 0 Å². The molecule has 2 aromatic carbocycles. The fraction of sp³-hybridized carbons (Fsp3) is 0.333. The lowest BCUT2D eigenvalue weighted by atomic mass is 10.1. The number of ether oxygens (including phenoxy) is 1. The summed E-state index contributed by atoms with van der Waals surface area (Å²) in [5.41, 5.74) is -0.132. The summed E-state index contributed by atoms with van der Waals surface area (Å²) >= 11 is 1.96. The molecule has 1 aliphatic rings. The van der Waals surface area contributed by atoms with Crippen LogP contribution >= 0.6 is 22.6 Å². The van der Waals surface area contributed by atoms with Crippen LogP contribution < -0.4 is 10.2 Å². The SMILES string of the molecule is COCCN1CCN(c2nnc(-c3ccc(F)c(F)c3Nc3ccc(I)cc3F)o2)CC1. The van der Waals surface area contributed by atoms with E-state index >= 15 is 0 Å². The van der Waals surface area contributed by atoms with Gasteiger partial charge in [0.1, 0.15) is 5.82 Å². The van der Waals surface area contributed by atoms with Gasteiger partial charge in [-0.3, -0.25) is 4.90 Å². The van der Waals surface area contributed by atoms with E-state index in [1.807, 2.05) is 27.5 Å². The number of methoxy groups -OCH3 is 1. The normalized spacial score (nSPS) is 14.7. The van der Waals surface area contributed by atoms with E-state index in [4.69, 9.17) is 9.15 Å². The van der Waals surface area contributed by atoms with E-state index in [2.05, 4.69) is 20.4 Å². The van der Waals surface area contributed by atoms with Crippen molar-refractivity contribution in [3.05, 3.63) is 51.4 Å². The van der Waals surface area contributed by atoms with Gasteiger partial charge in [-0.15, -0.1) is 5.10 Å². The van der Waals surface area contributed by atoms with Gasteiger partial charge in [-0.2, -0.15) is 0 Å². The Labute approximate surface area is 196 Å². The number of nitrogens with zero attached hydrogens (tertiary/aromatic N) is 4. The van der Waals surface area contributed by atoms with Crippen molar-refractivity contribution in [2.24, 2.45) is 0 Å². The van der Waals surface area contributed by atoms with Gasteiger partial charge < -0.3 is 19.4 Å². The number of benzene rings is 2. The Hall–Kier alpha value is -2.38. The van der Waals surface area contributed by atoms with Crippen molar-refractivity contribution in [2.45, 2.75) is 0 Å². The number of hydrogen-bond donors (Lipinski definition) is 1. The molecule has 1 saturated heterocycles. The molecule has 4 rings (SSSR count). The van der Waals surface area contributed by atoms with Crippen LogP contribution in [-0.2, 0) is 4.74 Å². The molecule has 3 aromatic rings. The van der Waals surface area contributed by atoms with E-state index in [0.717, 1.165) is 25.7 Å². The number of nitrogens with one attached hydrogen (secondary N) is 1. The minimum Gasteiger partial charge on any atom is -0.403 e. The van der Waals surface area contributed by atoms with Crippen LogP contribution in [0.2, 0.25) is 0 Å². The van der Waals surface area contributed by atoms with Gasteiger partial charge in [-0.1, -0.05) is 5.10 Å². The van der Waals surface area contributed by atoms with Crippen molar-refractivity contribution in [3.63, 3.8) is 0 Å². The molecular formula is C21H21F3IN5O2. The van der Waals surface area contributed by atoms with E-state index in [-0.39, 0.29) is 22.8 Å². The highest BCUT2D eigenvalue weighted by atomic mass is 127. The molecule has 1 N–H and O–H groups in total. The van der Waals surface area contributed by atoms with E-state index in [1.54, 1.807) is 13.2 Å². The largest absolute Gasteiger partial charge is 0.403 e. The lowest BCUT2D eigenvalue weighted by molar-refractivity contribution is 0.143. The highest BCUT2D eigenvalue weighted by Crippen LogP contribution is 2.35. The molecule has 7 nitrogen and oxygen atoms in total. The minimum atomic E-state index is -1.16. The smallest absolute Gasteiger partial charge is 0.318 e. The summed E-state index contributed by atoms with van der Waals surface area (Å²) in [4.78, 5) is 4.20. The third-order valence-corrected chi connectivity index (χ3v) is 5.86. The van der Waals surface area contributed by atoms with Crippen molar-refractivity contribution < 1.29 is 22.3 Å². The number of aromatic nitrogens is 2. The van der Waals surface area contributed by atoms with E-state index in [1.165, 1.54) is 18.2 Å². The monoisotopic (exact) mass is 559 g/mol. The molecule has 11 heteroatoms. The van der Waals surface area contributed by atoms with Gasteiger partial charge in [-0.25, -0.2) is 13.2 Å². The Balaban J connectivity index is 1.57. The number of hydrogen-bond acceptors (Lipinski definition) is 7. The second-order valence-corrected chi connectivity index (χ2v) is 8.49. The minimum absolute atomic E-state index is 0.00286. The summed E-state index contributed by atoms with van der Waals surface area (Å²) in [5, 5.41) is 10.7. The highest BCUT2D eigenvalue weighted by Gasteiger charge is 2.24. The molecule has 0 saturated carbocycles. The quantitative estimate of drug-likeness (QED) is 0.434. The summed E-state index contributed by atoms with van der Waals surface area (Å²) in [6, 6.07) is 6.98. The third-order valence-electron chi connectivity index (χ3n) is 5.18.